The van der Waals surface area contributed by atoms with E-state index in [0.29, 0.717) is 17.9 Å². The van der Waals surface area contributed by atoms with Gasteiger partial charge in [0.05, 0.1) is 39.5 Å². The van der Waals surface area contributed by atoms with Crippen LogP contribution in [-0.4, -0.2) is 18.1 Å². The summed E-state index contributed by atoms with van der Waals surface area (Å²) in [6.45, 7) is 0.585. The van der Waals surface area contributed by atoms with E-state index >= 15 is 0 Å². The van der Waals surface area contributed by atoms with Gasteiger partial charge in [0.1, 0.15) is 12.4 Å². The second-order valence-electron chi connectivity index (χ2n) is 5.07. The SMILES string of the molecule is O=[N+]([O-])c1ccc2c(c1)OCCN2c1ccc(C(F)(F)F)cc1Cl. The number of benzene rings is 2. The molecular formula is C15H10ClF3N2O3. The lowest BCUT2D eigenvalue weighted by Crippen LogP contribution is -2.28. The molecule has 0 bridgehead atoms. The second kappa shape index (κ2) is 5.86. The van der Waals surface area contributed by atoms with Gasteiger partial charge in [-0.15, -0.1) is 0 Å². The van der Waals surface area contributed by atoms with E-state index in [1.54, 1.807) is 4.90 Å². The molecular weight excluding hydrogens is 349 g/mol. The maximum absolute atomic E-state index is 12.7. The quantitative estimate of drug-likeness (QED) is 0.571. The summed E-state index contributed by atoms with van der Waals surface area (Å²) in [4.78, 5) is 12.0. The molecule has 0 saturated heterocycles. The summed E-state index contributed by atoms with van der Waals surface area (Å²) >= 11 is 6.03. The minimum Gasteiger partial charge on any atom is -0.489 e. The highest BCUT2D eigenvalue weighted by Crippen LogP contribution is 2.42. The molecule has 0 amide bonds. The molecule has 1 aliphatic rings. The molecule has 5 nitrogen and oxygen atoms in total. The molecule has 0 unspecified atom stereocenters. The number of ether oxygens (including phenoxy) is 1. The van der Waals surface area contributed by atoms with Crippen molar-refractivity contribution in [2.75, 3.05) is 18.1 Å². The molecule has 24 heavy (non-hydrogen) atoms. The van der Waals surface area contributed by atoms with E-state index in [1.165, 1.54) is 24.3 Å². The molecule has 0 saturated carbocycles. The van der Waals surface area contributed by atoms with Crippen molar-refractivity contribution >= 4 is 28.7 Å². The fraction of sp³-hybridized carbons (Fsp3) is 0.200. The Balaban J connectivity index is 2.02. The Morgan fingerprint density at radius 3 is 2.50 bits per heavy atom. The number of nitro groups is 1. The third-order valence-corrected chi connectivity index (χ3v) is 3.89. The summed E-state index contributed by atoms with van der Waals surface area (Å²) in [5.41, 5.74) is -0.0841. The fourth-order valence-electron chi connectivity index (χ4n) is 2.47. The van der Waals surface area contributed by atoms with Gasteiger partial charge in [-0.05, 0) is 24.3 Å². The van der Waals surface area contributed by atoms with Crippen LogP contribution in [0.5, 0.6) is 5.75 Å². The lowest BCUT2D eigenvalue weighted by atomic mass is 10.1. The monoisotopic (exact) mass is 358 g/mol. The average Bonchev–Trinajstić information content (AvgIpc) is 2.53. The number of halogens is 4. The first-order valence-electron chi connectivity index (χ1n) is 6.83. The Hall–Kier alpha value is -2.48. The van der Waals surface area contributed by atoms with Crippen molar-refractivity contribution in [3.63, 3.8) is 0 Å². The number of hydrogen-bond acceptors (Lipinski definition) is 4. The number of hydrogen-bond donors (Lipinski definition) is 0. The smallest absolute Gasteiger partial charge is 0.416 e. The molecule has 9 heteroatoms. The highest BCUT2D eigenvalue weighted by atomic mass is 35.5. The first-order valence-corrected chi connectivity index (χ1v) is 7.20. The summed E-state index contributed by atoms with van der Waals surface area (Å²) in [5, 5.41) is 10.8. The molecule has 1 heterocycles. The maximum Gasteiger partial charge on any atom is 0.416 e. The van der Waals surface area contributed by atoms with Crippen molar-refractivity contribution in [2.24, 2.45) is 0 Å². The number of non-ortho nitro benzene ring substituents is 1. The van der Waals surface area contributed by atoms with Gasteiger partial charge in [-0.1, -0.05) is 11.6 Å². The van der Waals surface area contributed by atoms with Crippen LogP contribution in [0.2, 0.25) is 5.02 Å². The summed E-state index contributed by atoms with van der Waals surface area (Å²) in [5.74, 6) is 0.284. The molecule has 2 aromatic rings. The molecule has 0 radical (unpaired) electrons. The lowest BCUT2D eigenvalue weighted by Gasteiger charge is -2.31. The zero-order valence-corrected chi connectivity index (χ0v) is 12.8. The van der Waals surface area contributed by atoms with Gasteiger partial charge in [0.25, 0.3) is 5.69 Å². The Kier molecular flexibility index (Phi) is 4.00. The number of rotatable bonds is 2. The summed E-state index contributed by atoms with van der Waals surface area (Å²) in [7, 11) is 0. The summed E-state index contributed by atoms with van der Waals surface area (Å²) in [6, 6.07) is 7.15. The number of nitro benzene ring substituents is 1. The van der Waals surface area contributed by atoms with Crippen LogP contribution >= 0.6 is 11.6 Å². The zero-order chi connectivity index (χ0) is 17.5. The molecule has 0 spiro atoms. The number of fused-ring (bicyclic) bond motifs is 1. The van der Waals surface area contributed by atoms with Gasteiger partial charge in [-0.2, -0.15) is 13.2 Å². The van der Waals surface area contributed by atoms with Gasteiger partial charge in [-0.25, -0.2) is 0 Å². The van der Waals surface area contributed by atoms with Gasteiger partial charge in [0, 0.05) is 6.07 Å². The van der Waals surface area contributed by atoms with Crippen molar-refractivity contribution < 1.29 is 22.8 Å². The molecule has 0 N–H and O–H groups in total. The predicted molar refractivity (Wildman–Crippen MR) is 82.1 cm³/mol. The second-order valence-corrected chi connectivity index (χ2v) is 5.48. The largest absolute Gasteiger partial charge is 0.489 e. The van der Waals surface area contributed by atoms with Crippen LogP contribution in [0.15, 0.2) is 36.4 Å². The third kappa shape index (κ3) is 2.96. The highest BCUT2D eigenvalue weighted by molar-refractivity contribution is 6.33. The van der Waals surface area contributed by atoms with Crippen LogP contribution in [0.3, 0.4) is 0 Å². The van der Waals surface area contributed by atoms with E-state index in [1.807, 2.05) is 0 Å². The van der Waals surface area contributed by atoms with E-state index in [2.05, 4.69) is 0 Å². The van der Waals surface area contributed by atoms with Crippen molar-refractivity contribution in [1.82, 2.24) is 0 Å². The first kappa shape index (κ1) is 16.4. The maximum atomic E-state index is 12.7. The van der Waals surface area contributed by atoms with E-state index in [0.717, 1.165) is 12.1 Å². The zero-order valence-electron chi connectivity index (χ0n) is 12.0. The predicted octanol–water partition coefficient (Wildman–Crippen LogP) is 4.80. The van der Waals surface area contributed by atoms with Crippen LogP contribution in [0.1, 0.15) is 5.56 Å². The van der Waals surface area contributed by atoms with E-state index in [9.17, 15) is 23.3 Å². The number of alkyl halides is 3. The minimum atomic E-state index is -4.48. The number of anilines is 2. The third-order valence-electron chi connectivity index (χ3n) is 3.58. The van der Waals surface area contributed by atoms with Gasteiger partial charge in [-0.3, -0.25) is 10.1 Å². The lowest BCUT2D eigenvalue weighted by molar-refractivity contribution is -0.384. The van der Waals surface area contributed by atoms with Crippen LogP contribution in [-0.2, 0) is 6.18 Å². The Morgan fingerprint density at radius 2 is 1.88 bits per heavy atom. The van der Waals surface area contributed by atoms with E-state index in [-0.39, 0.29) is 23.1 Å². The standard InChI is InChI=1S/C15H10ClF3N2O3/c16-11-7-9(15(17,18)19)1-3-12(11)20-5-6-24-14-8-10(21(22)23)2-4-13(14)20/h1-4,7-8H,5-6H2. The van der Waals surface area contributed by atoms with Gasteiger partial charge >= 0.3 is 6.18 Å². The Labute approximate surface area is 139 Å². The van der Waals surface area contributed by atoms with Gasteiger partial charge < -0.3 is 9.64 Å². The van der Waals surface area contributed by atoms with Crippen LogP contribution in [0, 0.1) is 10.1 Å². The summed E-state index contributed by atoms with van der Waals surface area (Å²) < 4.78 is 43.6. The van der Waals surface area contributed by atoms with Crippen LogP contribution in [0.25, 0.3) is 0 Å². The minimum absolute atomic E-state index is 0.0592. The molecule has 0 aliphatic carbocycles. The molecule has 2 aromatic carbocycles. The first-order chi connectivity index (χ1) is 11.3. The van der Waals surface area contributed by atoms with Crippen molar-refractivity contribution in [1.29, 1.82) is 0 Å². The summed E-state index contributed by atoms with van der Waals surface area (Å²) in [6.07, 6.45) is -4.48. The van der Waals surface area contributed by atoms with Crippen LogP contribution in [0.4, 0.5) is 30.2 Å². The molecule has 1 aliphatic heterocycles. The van der Waals surface area contributed by atoms with E-state index < -0.39 is 16.7 Å². The van der Waals surface area contributed by atoms with Gasteiger partial charge in [0.2, 0.25) is 0 Å². The Bertz CT molecular complexity index is 811. The number of nitrogens with zero attached hydrogens (tertiary/aromatic N) is 2. The Morgan fingerprint density at radius 1 is 1.17 bits per heavy atom. The topological polar surface area (TPSA) is 55.6 Å². The average molecular weight is 359 g/mol. The molecule has 0 aromatic heterocycles. The highest BCUT2D eigenvalue weighted by Gasteiger charge is 2.32. The van der Waals surface area contributed by atoms with Crippen molar-refractivity contribution in [3.8, 4) is 5.75 Å². The molecule has 3 rings (SSSR count). The van der Waals surface area contributed by atoms with E-state index in [4.69, 9.17) is 16.3 Å². The molecule has 0 fully saturated rings. The van der Waals surface area contributed by atoms with Gasteiger partial charge in [0.15, 0.2) is 0 Å². The molecule has 126 valence electrons. The normalized spacial score (nSPS) is 14.1. The molecule has 0 atom stereocenters. The van der Waals surface area contributed by atoms with Crippen molar-refractivity contribution in [2.45, 2.75) is 6.18 Å². The fourth-order valence-corrected chi connectivity index (χ4v) is 2.76. The van der Waals surface area contributed by atoms with Crippen LogP contribution < -0.4 is 9.64 Å². The van der Waals surface area contributed by atoms with Crippen molar-refractivity contribution in [3.05, 3.63) is 57.1 Å².